The summed E-state index contributed by atoms with van der Waals surface area (Å²) < 4.78 is 21.9. The Labute approximate surface area is 184 Å². The summed E-state index contributed by atoms with van der Waals surface area (Å²) in [5.74, 6) is -2.04. The maximum atomic E-state index is 14.8. The molecule has 1 heterocycles. The van der Waals surface area contributed by atoms with Gasteiger partial charge in [-0.2, -0.15) is 0 Å². The Kier molecular flexibility index (Phi) is 6.97. The van der Waals surface area contributed by atoms with Crippen LogP contribution in [0.15, 0.2) is 36.4 Å². The Bertz CT molecular complexity index is 1140. The number of ether oxygens (including phenoxy) is 1. The van der Waals surface area contributed by atoms with Crippen LogP contribution < -0.4 is 5.32 Å². The van der Waals surface area contributed by atoms with Crippen molar-refractivity contribution < 1.29 is 23.8 Å². The van der Waals surface area contributed by atoms with Gasteiger partial charge in [-0.25, -0.2) is 4.39 Å². The smallest absolute Gasteiger partial charge is 0.307 e. The average molecular weight is 447 g/mol. The number of rotatable bonds is 8. The molecule has 6 nitrogen and oxygen atoms in total. The minimum atomic E-state index is -1.05. The van der Waals surface area contributed by atoms with Gasteiger partial charge in [0.1, 0.15) is 11.5 Å². The van der Waals surface area contributed by atoms with E-state index in [9.17, 15) is 14.0 Å². The molecular weight excluding hydrogens is 423 g/mol. The minimum Gasteiger partial charge on any atom is -0.481 e. The van der Waals surface area contributed by atoms with Crippen molar-refractivity contribution >= 4 is 34.4 Å². The minimum absolute atomic E-state index is 0.0707. The second-order valence-electron chi connectivity index (χ2n) is 7.33. The molecule has 164 valence electrons. The number of aliphatic carboxylic acids is 1. The van der Waals surface area contributed by atoms with Crippen LogP contribution in [0.2, 0.25) is 5.02 Å². The van der Waals surface area contributed by atoms with E-state index in [0.29, 0.717) is 22.9 Å². The van der Waals surface area contributed by atoms with Crippen LogP contribution in [0.25, 0.3) is 10.9 Å². The molecule has 1 atom stereocenters. The zero-order chi connectivity index (χ0) is 22.7. The van der Waals surface area contributed by atoms with Gasteiger partial charge in [0.2, 0.25) is 0 Å². The van der Waals surface area contributed by atoms with E-state index in [1.54, 1.807) is 24.6 Å². The Morgan fingerprint density at radius 3 is 2.65 bits per heavy atom. The zero-order valence-electron chi connectivity index (χ0n) is 17.5. The third-order valence-corrected chi connectivity index (χ3v) is 5.68. The van der Waals surface area contributed by atoms with E-state index in [0.717, 1.165) is 16.5 Å². The van der Waals surface area contributed by atoms with E-state index in [4.69, 9.17) is 21.4 Å². The lowest BCUT2D eigenvalue weighted by atomic mass is 10.0. The summed E-state index contributed by atoms with van der Waals surface area (Å²) in [4.78, 5) is 24.0. The molecule has 0 saturated carbocycles. The molecule has 0 aliphatic carbocycles. The molecule has 0 aliphatic rings. The lowest BCUT2D eigenvalue weighted by Crippen LogP contribution is -2.33. The van der Waals surface area contributed by atoms with Gasteiger partial charge in [-0.15, -0.1) is 0 Å². The number of hydrogen-bond acceptors (Lipinski definition) is 3. The fourth-order valence-corrected chi connectivity index (χ4v) is 3.73. The predicted molar refractivity (Wildman–Crippen MR) is 117 cm³/mol. The van der Waals surface area contributed by atoms with E-state index in [2.05, 4.69) is 5.32 Å². The molecule has 2 aromatic carbocycles. The summed E-state index contributed by atoms with van der Waals surface area (Å²) in [5, 5.41) is 13.1. The molecule has 0 saturated heterocycles. The number of hydrogen-bond donors (Lipinski definition) is 2. The molecule has 8 heteroatoms. The number of halogens is 2. The highest BCUT2D eigenvalue weighted by atomic mass is 35.5. The number of carbonyl (C=O) groups excluding carboxylic acids is 1. The quantitative estimate of drug-likeness (QED) is 0.537. The molecule has 0 aliphatic heterocycles. The van der Waals surface area contributed by atoms with Crippen molar-refractivity contribution in [3.8, 4) is 0 Å². The van der Waals surface area contributed by atoms with Crippen LogP contribution in [0, 0.1) is 12.7 Å². The Morgan fingerprint density at radius 2 is 2.00 bits per heavy atom. The topological polar surface area (TPSA) is 80.6 Å². The maximum Gasteiger partial charge on any atom is 0.307 e. The molecule has 0 radical (unpaired) electrons. The van der Waals surface area contributed by atoms with E-state index in [1.807, 2.05) is 19.1 Å². The lowest BCUT2D eigenvalue weighted by molar-refractivity contribution is -0.136. The van der Waals surface area contributed by atoms with Gasteiger partial charge in [0.25, 0.3) is 5.91 Å². The molecule has 1 unspecified atom stereocenters. The molecule has 0 fully saturated rings. The number of carboxylic acid groups (broad SMARTS) is 1. The average Bonchev–Trinajstić information content (AvgIpc) is 3.05. The van der Waals surface area contributed by atoms with Crippen LogP contribution in [0.4, 0.5) is 4.39 Å². The van der Waals surface area contributed by atoms with Crippen LogP contribution in [0.1, 0.15) is 40.1 Å². The number of benzene rings is 2. The first kappa shape index (κ1) is 22.8. The summed E-state index contributed by atoms with van der Waals surface area (Å²) in [6.45, 7) is 4.16. The van der Waals surface area contributed by atoms with Gasteiger partial charge in [0.15, 0.2) is 0 Å². The lowest BCUT2D eigenvalue weighted by Gasteiger charge is -2.20. The number of carboxylic acids is 1. The van der Waals surface area contributed by atoms with Crippen molar-refractivity contribution in [2.24, 2.45) is 7.05 Å². The number of amides is 1. The molecule has 1 aromatic heterocycles. The zero-order valence-corrected chi connectivity index (χ0v) is 18.3. The summed E-state index contributed by atoms with van der Waals surface area (Å²) in [6.07, 6.45) is -0.282. The molecule has 0 spiro atoms. The third kappa shape index (κ3) is 4.89. The molecule has 2 N–H and O–H groups in total. The number of aromatic nitrogens is 1. The van der Waals surface area contributed by atoms with Gasteiger partial charge in [0, 0.05) is 30.1 Å². The van der Waals surface area contributed by atoms with Gasteiger partial charge in [0.05, 0.1) is 24.1 Å². The van der Waals surface area contributed by atoms with Crippen molar-refractivity contribution in [2.45, 2.75) is 26.3 Å². The molecule has 1 amide bonds. The first-order valence-corrected chi connectivity index (χ1v) is 10.2. The standard InChI is InChI=1S/C23H24ClFN2O4/c1-4-31-12-18(15-7-6-14(9-17(15)25)10-21(28)29)26-23(30)20-11-16-19(27(20)3)8-5-13(2)22(16)24/h5-9,11,18H,4,10,12H2,1-3H3,(H,26,30)(H,28,29). The normalized spacial score (nSPS) is 12.2. The van der Waals surface area contributed by atoms with Gasteiger partial charge < -0.3 is 19.7 Å². The Balaban J connectivity index is 1.92. The van der Waals surface area contributed by atoms with E-state index in [1.165, 1.54) is 18.2 Å². The first-order valence-electron chi connectivity index (χ1n) is 9.86. The SMILES string of the molecule is CCOCC(NC(=O)c1cc2c(Cl)c(C)ccc2n1C)c1ccc(CC(=O)O)cc1F. The van der Waals surface area contributed by atoms with E-state index >= 15 is 0 Å². The van der Waals surface area contributed by atoms with E-state index < -0.39 is 23.7 Å². The van der Waals surface area contributed by atoms with Crippen molar-refractivity contribution in [1.82, 2.24) is 9.88 Å². The van der Waals surface area contributed by atoms with Crippen molar-refractivity contribution in [1.29, 1.82) is 0 Å². The molecule has 3 aromatic rings. The van der Waals surface area contributed by atoms with Gasteiger partial charge in [-0.1, -0.05) is 29.8 Å². The maximum absolute atomic E-state index is 14.8. The van der Waals surface area contributed by atoms with Crippen LogP contribution in [-0.2, 0) is 23.0 Å². The largest absolute Gasteiger partial charge is 0.481 e. The fourth-order valence-electron chi connectivity index (χ4n) is 3.52. The second-order valence-corrected chi connectivity index (χ2v) is 7.71. The first-order chi connectivity index (χ1) is 14.7. The number of carbonyl (C=O) groups is 2. The number of nitrogens with one attached hydrogen (secondary N) is 1. The summed E-state index contributed by atoms with van der Waals surface area (Å²) in [6, 6.07) is 8.94. The highest BCUT2D eigenvalue weighted by molar-refractivity contribution is 6.36. The van der Waals surface area contributed by atoms with Gasteiger partial charge in [-0.05, 0) is 43.2 Å². The fraction of sp³-hybridized carbons (Fsp3) is 0.304. The van der Waals surface area contributed by atoms with Gasteiger partial charge >= 0.3 is 5.97 Å². The highest BCUT2D eigenvalue weighted by Gasteiger charge is 2.23. The summed E-state index contributed by atoms with van der Waals surface area (Å²) in [7, 11) is 1.77. The van der Waals surface area contributed by atoms with Crippen molar-refractivity contribution in [3.05, 3.63) is 69.6 Å². The third-order valence-electron chi connectivity index (χ3n) is 5.18. The number of aryl methyl sites for hydroxylation is 2. The number of fused-ring (bicyclic) bond motifs is 1. The summed E-state index contributed by atoms with van der Waals surface area (Å²) >= 11 is 6.40. The van der Waals surface area contributed by atoms with Crippen LogP contribution in [-0.4, -0.2) is 34.8 Å². The molecular formula is C23H24ClFN2O4. The number of nitrogens with zero attached hydrogens (tertiary/aromatic N) is 1. The van der Waals surface area contributed by atoms with Gasteiger partial charge in [-0.3, -0.25) is 9.59 Å². The van der Waals surface area contributed by atoms with Crippen molar-refractivity contribution in [3.63, 3.8) is 0 Å². The van der Waals surface area contributed by atoms with Crippen LogP contribution >= 0.6 is 11.6 Å². The Hall–Kier alpha value is -2.90. The van der Waals surface area contributed by atoms with Crippen LogP contribution in [0.5, 0.6) is 0 Å². The highest BCUT2D eigenvalue weighted by Crippen LogP contribution is 2.29. The molecule has 31 heavy (non-hydrogen) atoms. The van der Waals surface area contributed by atoms with Crippen LogP contribution in [0.3, 0.4) is 0 Å². The predicted octanol–water partition coefficient (Wildman–Crippen LogP) is 4.41. The van der Waals surface area contributed by atoms with E-state index in [-0.39, 0.29) is 18.6 Å². The van der Waals surface area contributed by atoms with Crippen molar-refractivity contribution in [2.75, 3.05) is 13.2 Å². The molecule has 0 bridgehead atoms. The molecule has 3 rings (SSSR count). The summed E-state index contributed by atoms with van der Waals surface area (Å²) in [5.41, 5.74) is 2.67. The monoisotopic (exact) mass is 446 g/mol. The Morgan fingerprint density at radius 1 is 1.26 bits per heavy atom. The second kappa shape index (κ2) is 9.49.